The number of aryl methyl sites for hydroxylation is 2. The number of benzene rings is 1. The zero-order valence-corrected chi connectivity index (χ0v) is 9.81. The van der Waals surface area contributed by atoms with Crippen molar-refractivity contribution >= 4 is 5.78 Å². The molecule has 88 valence electrons. The monoisotopic (exact) mass is 226 g/mol. The van der Waals surface area contributed by atoms with Crippen LogP contribution < -0.4 is 0 Å². The molecule has 0 spiro atoms. The Morgan fingerprint density at radius 1 is 1.25 bits per heavy atom. The maximum absolute atomic E-state index is 13.4. The summed E-state index contributed by atoms with van der Waals surface area (Å²) in [6, 6.07) is 3.08. The van der Waals surface area contributed by atoms with Gasteiger partial charge in [0.05, 0.1) is 0 Å². The summed E-state index contributed by atoms with van der Waals surface area (Å²) in [5.74, 6) is -1.62. The van der Waals surface area contributed by atoms with Crippen LogP contribution in [0, 0.1) is 24.5 Å². The lowest BCUT2D eigenvalue weighted by molar-refractivity contribution is -0.121. The number of halogens is 2. The van der Waals surface area contributed by atoms with Crippen LogP contribution in [0.15, 0.2) is 12.1 Å². The second-order valence-electron chi connectivity index (χ2n) is 4.29. The Bertz CT molecular complexity index is 397. The first-order chi connectivity index (χ1) is 7.43. The maximum atomic E-state index is 13.4. The molecule has 0 radical (unpaired) electrons. The third kappa shape index (κ3) is 2.87. The fourth-order valence-corrected chi connectivity index (χ4v) is 1.43. The lowest BCUT2D eigenvalue weighted by Crippen LogP contribution is -2.09. The Morgan fingerprint density at radius 3 is 2.44 bits per heavy atom. The lowest BCUT2D eigenvalue weighted by Gasteiger charge is -2.07. The molecule has 0 heterocycles. The standard InChI is InChI=1S/C13H16F2O/c1-8(2)11(16)7-6-10-5-4-9(3)12(14)13(10)15/h4-5,8H,6-7H2,1-3H3. The minimum atomic E-state index is -0.823. The highest BCUT2D eigenvalue weighted by atomic mass is 19.2. The predicted octanol–water partition coefficient (Wildman–Crippen LogP) is 3.43. The summed E-state index contributed by atoms with van der Waals surface area (Å²) in [7, 11) is 0. The summed E-state index contributed by atoms with van der Waals surface area (Å²) >= 11 is 0. The van der Waals surface area contributed by atoms with Crippen molar-refractivity contribution in [2.45, 2.75) is 33.6 Å². The van der Waals surface area contributed by atoms with E-state index in [2.05, 4.69) is 0 Å². The number of carbonyl (C=O) groups is 1. The Balaban J connectivity index is 2.76. The highest BCUT2D eigenvalue weighted by molar-refractivity contribution is 5.80. The number of rotatable bonds is 4. The highest BCUT2D eigenvalue weighted by Crippen LogP contribution is 2.17. The first kappa shape index (κ1) is 12.8. The summed E-state index contributed by atoms with van der Waals surface area (Å²) in [4.78, 5) is 11.4. The van der Waals surface area contributed by atoms with Crippen molar-refractivity contribution in [3.05, 3.63) is 34.9 Å². The molecule has 0 aromatic heterocycles. The van der Waals surface area contributed by atoms with Crippen molar-refractivity contribution in [2.24, 2.45) is 5.92 Å². The van der Waals surface area contributed by atoms with Gasteiger partial charge in [0.2, 0.25) is 0 Å². The zero-order chi connectivity index (χ0) is 12.3. The second-order valence-corrected chi connectivity index (χ2v) is 4.29. The average Bonchev–Trinajstić information content (AvgIpc) is 2.24. The maximum Gasteiger partial charge on any atom is 0.162 e. The van der Waals surface area contributed by atoms with Crippen molar-refractivity contribution < 1.29 is 13.6 Å². The lowest BCUT2D eigenvalue weighted by atomic mass is 10.00. The largest absolute Gasteiger partial charge is 0.299 e. The van der Waals surface area contributed by atoms with Crippen LogP contribution in [0.1, 0.15) is 31.4 Å². The van der Waals surface area contributed by atoms with Gasteiger partial charge in [-0.2, -0.15) is 0 Å². The molecule has 0 fully saturated rings. The molecule has 0 aliphatic heterocycles. The van der Waals surface area contributed by atoms with E-state index < -0.39 is 11.6 Å². The van der Waals surface area contributed by atoms with Crippen molar-refractivity contribution in [1.82, 2.24) is 0 Å². The molecule has 3 heteroatoms. The summed E-state index contributed by atoms with van der Waals surface area (Å²) in [6.45, 7) is 5.12. The Labute approximate surface area is 94.5 Å². The van der Waals surface area contributed by atoms with Gasteiger partial charge in [-0.05, 0) is 24.5 Å². The third-order valence-corrected chi connectivity index (χ3v) is 2.64. The molecule has 0 aliphatic carbocycles. The van der Waals surface area contributed by atoms with Gasteiger partial charge in [0.25, 0.3) is 0 Å². The second kappa shape index (κ2) is 5.19. The van der Waals surface area contributed by atoms with E-state index in [1.54, 1.807) is 19.9 Å². The minimum absolute atomic E-state index is 0.0571. The number of Topliss-reactive ketones (excluding diaryl/α,β-unsaturated/α-hetero) is 1. The molecule has 0 unspecified atom stereocenters. The van der Waals surface area contributed by atoms with Crippen molar-refractivity contribution in [2.75, 3.05) is 0 Å². The van der Waals surface area contributed by atoms with Crippen LogP contribution in [0.25, 0.3) is 0 Å². The number of carbonyl (C=O) groups excluding carboxylic acids is 1. The minimum Gasteiger partial charge on any atom is -0.299 e. The normalized spacial score (nSPS) is 10.9. The van der Waals surface area contributed by atoms with Gasteiger partial charge in [0.1, 0.15) is 5.78 Å². The topological polar surface area (TPSA) is 17.1 Å². The van der Waals surface area contributed by atoms with Crippen molar-refractivity contribution in [1.29, 1.82) is 0 Å². The van der Waals surface area contributed by atoms with Gasteiger partial charge >= 0.3 is 0 Å². The summed E-state index contributed by atoms with van der Waals surface area (Å²) in [5.41, 5.74) is 0.563. The van der Waals surface area contributed by atoms with Crippen LogP contribution in [0.3, 0.4) is 0 Å². The number of hydrogen-bond acceptors (Lipinski definition) is 1. The Hall–Kier alpha value is -1.25. The van der Waals surface area contributed by atoms with Gasteiger partial charge in [0.15, 0.2) is 11.6 Å². The summed E-state index contributed by atoms with van der Waals surface area (Å²) in [6.07, 6.45) is 0.525. The molecule has 0 saturated heterocycles. The predicted molar refractivity (Wildman–Crippen MR) is 59.3 cm³/mol. The van der Waals surface area contributed by atoms with E-state index >= 15 is 0 Å². The quantitative estimate of drug-likeness (QED) is 0.768. The smallest absolute Gasteiger partial charge is 0.162 e. The molecule has 16 heavy (non-hydrogen) atoms. The molecule has 0 saturated carbocycles. The molecule has 1 aromatic rings. The summed E-state index contributed by atoms with van der Waals surface area (Å²) < 4.78 is 26.6. The van der Waals surface area contributed by atoms with E-state index in [0.29, 0.717) is 0 Å². The molecule has 1 nitrogen and oxygen atoms in total. The van der Waals surface area contributed by atoms with E-state index in [1.165, 1.54) is 13.0 Å². The highest BCUT2D eigenvalue weighted by Gasteiger charge is 2.13. The van der Waals surface area contributed by atoms with E-state index in [0.717, 1.165) is 0 Å². The van der Waals surface area contributed by atoms with Crippen molar-refractivity contribution in [3.8, 4) is 0 Å². The summed E-state index contributed by atoms with van der Waals surface area (Å²) in [5, 5.41) is 0. The first-order valence-electron chi connectivity index (χ1n) is 5.39. The number of hydrogen-bond donors (Lipinski definition) is 0. The van der Waals surface area contributed by atoms with Gasteiger partial charge in [-0.1, -0.05) is 26.0 Å². The van der Waals surface area contributed by atoms with Gasteiger partial charge < -0.3 is 0 Å². The average molecular weight is 226 g/mol. The van der Waals surface area contributed by atoms with E-state index in [4.69, 9.17) is 0 Å². The molecule has 0 bridgehead atoms. The SMILES string of the molecule is Cc1ccc(CCC(=O)C(C)C)c(F)c1F. The van der Waals surface area contributed by atoms with Gasteiger partial charge in [-0.3, -0.25) is 4.79 Å². The van der Waals surface area contributed by atoms with Gasteiger partial charge in [-0.15, -0.1) is 0 Å². The van der Waals surface area contributed by atoms with Crippen molar-refractivity contribution in [3.63, 3.8) is 0 Å². The Kier molecular flexibility index (Phi) is 4.16. The first-order valence-corrected chi connectivity index (χ1v) is 5.39. The van der Waals surface area contributed by atoms with Crippen LogP contribution >= 0.6 is 0 Å². The number of ketones is 1. The molecular formula is C13H16F2O. The van der Waals surface area contributed by atoms with E-state index in [-0.39, 0.29) is 35.7 Å². The molecule has 0 aliphatic rings. The fourth-order valence-electron chi connectivity index (χ4n) is 1.43. The van der Waals surface area contributed by atoms with Crippen LogP contribution in [0.5, 0.6) is 0 Å². The molecule has 1 rings (SSSR count). The molecule has 0 amide bonds. The molecule has 1 aromatic carbocycles. The third-order valence-electron chi connectivity index (χ3n) is 2.64. The zero-order valence-electron chi connectivity index (χ0n) is 9.81. The van der Waals surface area contributed by atoms with Gasteiger partial charge in [-0.25, -0.2) is 8.78 Å². The fraction of sp³-hybridized carbons (Fsp3) is 0.462. The van der Waals surface area contributed by atoms with E-state index in [1.807, 2.05) is 0 Å². The van der Waals surface area contributed by atoms with Gasteiger partial charge in [0, 0.05) is 12.3 Å². The molecule has 0 N–H and O–H groups in total. The van der Waals surface area contributed by atoms with Crippen LogP contribution in [-0.2, 0) is 11.2 Å². The van der Waals surface area contributed by atoms with Crippen LogP contribution in [-0.4, -0.2) is 5.78 Å². The van der Waals surface area contributed by atoms with Crippen LogP contribution in [0.4, 0.5) is 8.78 Å². The van der Waals surface area contributed by atoms with E-state index in [9.17, 15) is 13.6 Å². The Morgan fingerprint density at radius 2 is 1.88 bits per heavy atom. The van der Waals surface area contributed by atoms with Crippen LogP contribution in [0.2, 0.25) is 0 Å². The molecular weight excluding hydrogens is 210 g/mol. The molecule has 0 atom stereocenters.